The third-order valence-corrected chi connectivity index (χ3v) is 5.03. The average Bonchev–Trinajstić information content (AvgIpc) is 3.14. The van der Waals surface area contributed by atoms with Crippen LogP contribution in [-0.4, -0.2) is 28.9 Å². The second-order valence-corrected chi connectivity index (χ2v) is 6.87. The Bertz CT molecular complexity index is 741. The highest BCUT2D eigenvalue weighted by molar-refractivity contribution is 7.98. The predicted octanol–water partition coefficient (Wildman–Crippen LogP) is 4.63. The number of aromatic nitrogens is 1. The van der Waals surface area contributed by atoms with Crippen molar-refractivity contribution in [1.29, 1.82) is 0 Å². The van der Waals surface area contributed by atoms with Gasteiger partial charge in [0.05, 0.1) is 16.2 Å². The molecular formula is C18H17F3N2OS. The van der Waals surface area contributed by atoms with Crippen molar-refractivity contribution in [1.82, 2.24) is 9.88 Å². The summed E-state index contributed by atoms with van der Waals surface area (Å²) in [6.45, 7) is 1.57. The van der Waals surface area contributed by atoms with Gasteiger partial charge in [-0.25, -0.2) is 4.98 Å². The molecule has 1 saturated heterocycles. The van der Waals surface area contributed by atoms with E-state index < -0.39 is 11.7 Å². The summed E-state index contributed by atoms with van der Waals surface area (Å²) in [5.41, 5.74) is 0.481. The van der Waals surface area contributed by atoms with Crippen LogP contribution >= 0.6 is 11.8 Å². The van der Waals surface area contributed by atoms with Crippen molar-refractivity contribution in [2.45, 2.75) is 29.8 Å². The zero-order valence-corrected chi connectivity index (χ0v) is 14.2. The number of hydrogen-bond donors (Lipinski definition) is 0. The molecule has 0 spiro atoms. The zero-order chi connectivity index (χ0) is 17.9. The fourth-order valence-corrected chi connectivity index (χ4v) is 3.48. The molecule has 0 atom stereocenters. The van der Waals surface area contributed by atoms with E-state index in [1.165, 1.54) is 24.0 Å². The lowest BCUT2D eigenvalue weighted by Crippen LogP contribution is -2.27. The SMILES string of the molecule is O=C(c1ccc(SCc2cccc(C(F)(F)F)c2)nc1)N1CCCC1. The molecule has 2 aromatic rings. The van der Waals surface area contributed by atoms with Gasteiger partial charge in [-0.05, 0) is 36.6 Å². The van der Waals surface area contributed by atoms with Gasteiger partial charge in [0.2, 0.25) is 0 Å². The molecule has 0 N–H and O–H groups in total. The third-order valence-electron chi connectivity index (χ3n) is 4.02. The number of halogens is 3. The molecule has 7 heteroatoms. The molecule has 0 bridgehead atoms. The second-order valence-electron chi connectivity index (χ2n) is 5.87. The fourth-order valence-electron chi connectivity index (χ4n) is 2.69. The number of benzene rings is 1. The highest BCUT2D eigenvalue weighted by Gasteiger charge is 2.30. The standard InChI is InChI=1S/C18H17F3N2OS/c19-18(20,21)15-5-3-4-13(10-15)12-25-16-7-6-14(11-22-16)17(24)23-8-1-2-9-23/h3-7,10-11H,1-2,8-9,12H2. The molecule has 1 amide bonds. The number of alkyl halides is 3. The molecule has 2 heterocycles. The van der Waals surface area contributed by atoms with Gasteiger partial charge < -0.3 is 4.90 Å². The maximum absolute atomic E-state index is 12.7. The Morgan fingerprint density at radius 1 is 1.16 bits per heavy atom. The van der Waals surface area contributed by atoms with Gasteiger partial charge in [0, 0.05) is 25.0 Å². The molecule has 1 aliphatic heterocycles. The minimum Gasteiger partial charge on any atom is -0.339 e. The summed E-state index contributed by atoms with van der Waals surface area (Å²) in [6.07, 6.45) is -0.736. The molecule has 1 aromatic carbocycles. The summed E-state index contributed by atoms with van der Waals surface area (Å²) in [4.78, 5) is 18.3. The first-order chi connectivity index (χ1) is 11.9. The second kappa shape index (κ2) is 7.47. The van der Waals surface area contributed by atoms with Crippen molar-refractivity contribution >= 4 is 17.7 Å². The van der Waals surface area contributed by atoms with Crippen LogP contribution in [0, 0.1) is 0 Å². The Morgan fingerprint density at radius 2 is 1.92 bits per heavy atom. The van der Waals surface area contributed by atoms with Gasteiger partial charge in [0.15, 0.2) is 0 Å². The molecule has 3 nitrogen and oxygen atoms in total. The minimum absolute atomic E-state index is 0.0144. The number of carbonyl (C=O) groups excluding carboxylic acids is 1. The van der Waals surface area contributed by atoms with Gasteiger partial charge in [0.25, 0.3) is 5.91 Å². The number of amides is 1. The van der Waals surface area contributed by atoms with Crippen molar-refractivity contribution in [3.63, 3.8) is 0 Å². The number of carbonyl (C=O) groups is 1. The Kier molecular flexibility index (Phi) is 5.32. The summed E-state index contributed by atoms with van der Waals surface area (Å²) in [6, 6.07) is 8.74. The van der Waals surface area contributed by atoms with Gasteiger partial charge in [-0.3, -0.25) is 4.79 Å². The van der Waals surface area contributed by atoms with Gasteiger partial charge in [-0.15, -0.1) is 11.8 Å². The molecule has 132 valence electrons. The van der Waals surface area contributed by atoms with Crippen LogP contribution in [0.4, 0.5) is 13.2 Å². The number of hydrogen-bond acceptors (Lipinski definition) is 3. The van der Waals surface area contributed by atoms with Crippen LogP contribution in [0.5, 0.6) is 0 Å². The quantitative estimate of drug-likeness (QED) is 0.740. The molecule has 0 aliphatic carbocycles. The van der Waals surface area contributed by atoms with Crippen LogP contribution in [0.2, 0.25) is 0 Å². The molecule has 0 unspecified atom stereocenters. The summed E-state index contributed by atoms with van der Waals surface area (Å²) in [5, 5.41) is 0.676. The van der Waals surface area contributed by atoms with Crippen LogP contribution in [0.25, 0.3) is 0 Å². The molecule has 0 saturated carbocycles. The van der Waals surface area contributed by atoms with Gasteiger partial charge in [-0.2, -0.15) is 13.2 Å². The molecule has 3 rings (SSSR count). The number of pyridine rings is 1. The number of nitrogens with zero attached hydrogens (tertiary/aromatic N) is 2. The number of likely N-dealkylation sites (tertiary alicyclic amines) is 1. The summed E-state index contributed by atoms with van der Waals surface area (Å²) in [7, 11) is 0. The highest BCUT2D eigenvalue weighted by Crippen LogP contribution is 2.31. The molecular weight excluding hydrogens is 349 g/mol. The lowest BCUT2D eigenvalue weighted by atomic mass is 10.1. The molecule has 1 fully saturated rings. The summed E-state index contributed by atoms with van der Waals surface area (Å²) < 4.78 is 38.2. The number of rotatable bonds is 4. The zero-order valence-electron chi connectivity index (χ0n) is 13.4. The lowest BCUT2D eigenvalue weighted by Gasteiger charge is -2.14. The smallest absolute Gasteiger partial charge is 0.339 e. The Hall–Kier alpha value is -2.02. The monoisotopic (exact) mass is 366 g/mol. The van der Waals surface area contributed by atoms with E-state index >= 15 is 0 Å². The van der Waals surface area contributed by atoms with Crippen molar-refractivity contribution in [2.24, 2.45) is 0 Å². The van der Waals surface area contributed by atoms with Crippen molar-refractivity contribution in [3.8, 4) is 0 Å². The normalized spacial score (nSPS) is 14.8. The maximum atomic E-state index is 12.7. The fraction of sp³-hybridized carbons (Fsp3) is 0.333. The van der Waals surface area contributed by atoms with E-state index in [4.69, 9.17) is 0 Å². The van der Waals surface area contributed by atoms with Crippen molar-refractivity contribution < 1.29 is 18.0 Å². The molecule has 1 aromatic heterocycles. The first-order valence-electron chi connectivity index (χ1n) is 7.98. The van der Waals surface area contributed by atoms with Gasteiger partial charge in [-0.1, -0.05) is 18.2 Å². The van der Waals surface area contributed by atoms with Crippen LogP contribution in [-0.2, 0) is 11.9 Å². The topological polar surface area (TPSA) is 33.2 Å². The van der Waals surface area contributed by atoms with E-state index in [-0.39, 0.29) is 5.91 Å². The molecule has 25 heavy (non-hydrogen) atoms. The highest BCUT2D eigenvalue weighted by atomic mass is 32.2. The van der Waals surface area contributed by atoms with Crippen molar-refractivity contribution in [2.75, 3.05) is 13.1 Å². The van der Waals surface area contributed by atoms with E-state index in [9.17, 15) is 18.0 Å². The van der Waals surface area contributed by atoms with Gasteiger partial charge >= 0.3 is 6.18 Å². The van der Waals surface area contributed by atoms with Crippen LogP contribution in [0.15, 0.2) is 47.6 Å². The maximum Gasteiger partial charge on any atom is 0.416 e. The van der Waals surface area contributed by atoms with Crippen molar-refractivity contribution in [3.05, 3.63) is 59.3 Å². The van der Waals surface area contributed by atoms with E-state index in [0.29, 0.717) is 21.9 Å². The van der Waals surface area contributed by atoms with E-state index in [1.54, 1.807) is 18.2 Å². The summed E-state index contributed by atoms with van der Waals surface area (Å²) in [5.74, 6) is 0.371. The van der Waals surface area contributed by atoms with Gasteiger partial charge in [0.1, 0.15) is 0 Å². The first-order valence-corrected chi connectivity index (χ1v) is 8.96. The molecule has 0 radical (unpaired) electrons. The largest absolute Gasteiger partial charge is 0.416 e. The first kappa shape index (κ1) is 17.8. The lowest BCUT2D eigenvalue weighted by molar-refractivity contribution is -0.137. The third kappa shape index (κ3) is 4.54. The van der Waals surface area contributed by atoms with E-state index in [2.05, 4.69) is 4.98 Å². The Balaban J connectivity index is 1.61. The Morgan fingerprint density at radius 3 is 2.56 bits per heavy atom. The summed E-state index contributed by atoms with van der Waals surface area (Å²) >= 11 is 1.34. The van der Waals surface area contributed by atoms with E-state index in [0.717, 1.165) is 38.1 Å². The Labute approximate surface area is 148 Å². The molecule has 1 aliphatic rings. The predicted molar refractivity (Wildman–Crippen MR) is 90.4 cm³/mol. The van der Waals surface area contributed by atoms with Crippen LogP contribution in [0.3, 0.4) is 0 Å². The van der Waals surface area contributed by atoms with Crippen LogP contribution in [0.1, 0.15) is 34.3 Å². The van der Waals surface area contributed by atoms with E-state index in [1.807, 2.05) is 4.90 Å². The average molecular weight is 366 g/mol. The van der Waals surface area contributed by atoms with Crippen LogP contribution < -0.4 is 0 Å². The minimum atomic E-state index is -4.34. The number of thioether (sulfide) groups is 1.